The number of esters is 1. The standard InChI is InChI=1S/C51H86N2O7/c1-3-5-7-9-11-13-14-15-16-17-18-19-20-21-22-23-24-25-26-27-29-35-39-43-50(57)60-46(40-36-32-28-12-10-8-6-4-2)41-37-33-30-31-34-38-42-48(55)52-44-49(56)53-47(45-54)51(58)59/h6,8,12,14-15,17-18,20-21,28,36,40,46-47,54H,3-5,7,9-11,13,16,19,22-27,29-35,37-39,41-45H2,1-2H3,(H,52,55)(H,53,56)(H,58,59)/b8-6-,15-14-,18-17-,21-20-,28-12-,40-36-. The lowest BCUT2D eigenvalue weighted by atomic mass is 10.0. The van der Waals surface area contributed by atoms with E-state index in [-0.39, 0.29) is 30.9 Å². The Labute approximate surface area is 365 Å². The monoisotopic (exact) mass is 839 g/mol. The van der Waals surface area contributed by atoms with Crippen molar-refractivity contribution in [3.63, 3.8) is 0 Å². The molecule has 0 heterocycles. The first-order chi connectivity index (χ1) is 29.3. The fourth-order valence-corrected chi connectivity index (χ4v) is 6.54. The Morgan fingerprint density at radius 2 is 1.00 bits per heavy atom. The normalized spacial score (nSPS) is 13.1. The Morgan fingerprint density at radius 1 is 0.533 bits per heavy atom. The molecule has 0 saturated heterocycles. The van der Waals surface area contributed by atoms with Crippen LogP contribution in [0.5, 0.6) is 0 Å². The molecule has 0 aliphatic rings. The Balaban J connectivity index is 4.18. The van der Waals surface area contributed by atoms with E-state index < -0.39 is 24.5 Å². The van der Waals surface area contributed by atoms with Gasteiger partial charge in [0.05, 0.1) is 13.2 Å². The quantitative estimate of drug-likeness (QED) is 0.0272. The van der Waals surface area contributed by atoms with Gasteiger partial charge in [0, 0.05) is 12.8 Å². The minimum absolute atomic E-state index is 0.111. The molecular weight excluding hydrogens is 753 g/mol. The molecule has 2 unspecified atom stereocenters. The number of carboxylic acids is 1. The van der Waals surface area contributed by atoms with Crippen LogP contribution in [0.2, 0.25) is 0 Å². The molecule has 0 spiro atoms. The SMILES string of the molecule is CC/C=C\C/C=C\C/C=C\C(CCCCCCCCC(=O)NCC(=O)NC(CO)C(=O)O)OC(=O)CCCCCCCCCC/C=C\C/C=C\C/C=C\CCCCCCC. The second-order valence-electron chi connectivity index (χ2n) is 15.8. The summed E-state index contributed by atoms with van der Waals surface area (Å²) < 4.78 is 5.92. The van der Waals surface area contributed by atoms with Crippen molar-refractivity contribution in [2.24, 2.45) is 0 Å². The van der Waals surface area contributed by atoms with Crippen LogP contribution >= 0.6 is 0 Å². The highest BCUT2D eigenvalue weighted by atomic mass is 16.5. The van der Waals surface area contributed by atoms with Crippen molar-refractivity contribution in [2.75, 3.05) is 13.2 Å². The van der Waals surface area contributed by atoms with Gasteiger partial charge in [-0.25, -0.2) is 4.79 Å². The number of allylic oxidation sites excluding steroid dienone is 11. The summed E-state index contributed by atoms with van der Waals surface area (Å²) in [4.78, 5) is 47.5. The average Bonchev–Trinajstić information content (AvgIpc) is 3.23. The van der Waals surface area contributed by atoms with Crippen LogP contribution < -0.4 is 10.6 Å². The van der Waals surface area contributed by atoms with Gasteiger partial charge >= 0.3 is 11.9 Å². The fraction of sp³-hybridized carbons (Fsp3) is 0.686. The molecule has 342 valence electrons. The highest BCUT2D eigenvalue weighted by Gasteiger charge is 2.18. The second-order valence-corrected chi connectivity index (χ2v) is 15.8. The van der Waals surface area contributed by atoms with E-state index in [9.17, 15) is 19.2 Å². The average molecular weight is 839 g/mol. The number of carbonyl (C=O) groups is 4. The van der Waals surface area contributed by atoms with Crippen molar-refractivity contribution >= 4 is 23.8 Å². The summed E-state index contributed by atoms with van der Waals surface area (Å²) in [5, 5.41) is 22.5. The van der Waals surface area contributed by atoms with Crippen LogP contribution in [-0.2, 0) is 23.9 Å². The maximum absolute atomic E-state index is 12.8. The van der Waals surface area contributed by atoms with Crippen molar-refractivity contribution in [1.29, 1.82) is 0 Å². The number of hydrogen-bond acceptors (Lipinski definition) is 6. The number of aliphatic carboxylic acids is 1. The van der Waals surface area contributed by atoms with Crippen molar-refractivity contribution < 1.29 is 34.1 Å². The van der Waals surface area contributed by atoms with Gasteiger partial charge in [-0.3, -0.25) is 14.4 Å². The van der Waals surface area contributed by atoms with Gasteiger partial charge in [0.25, 0.3) is 0 Å². The number of carbonyl (C=O) groups excluding carboxylic acids is 3. The van der Waals surface area contributed by atoms with Crippen LogP contribution in [0.4, 0.5) is 0 Å². The lowest BCUT2D eigenvalue weighted by Gasteiger charge is -2.15. The summed E-state index contributed by atoms with van der Waals surface area (Å²) in [6.07, 6.45) is 56.8. The highest BCUT2D eigenvalue weighted by molar-refractivity contribution is 5.87. The van der Waals surface area contributed by atoms with E-state index in [1.165, 1.54) is 83.5 Å². The molecule has 9 nitrogen and oxygen atoms in total. The first-order valence-electron chi connectivity index (χ1n) is 23.8. The summed E-state index contributed by atoms with van der Waals surface area (Å²) in [6.45, 7) is 3.34. The fourth-order valence-electron chi connectivity index (χ4n) is 6.54. The van der Waals surface area contributed by atoms with Crippen molar-refractivity contribution in [2.45, 2.75) is 212 Å². The molecular formula is C51H86N2O7. The highest BCUT2D eigenvalue weighted by Crippen LogP contribution is 2.16. The zero-order valence-electron chi connectivity index (χ0n) is 37.9. The molecule has 0 aromatic rings. The van der Waals surface area contributed by atoms with Gasteiger partial charge in [-0.05, 0) is 89.5 Å². The summed E-state index contributed by atoms with van der Waals surface area (Å²) in [7, 11) is 0. The molecule has 0 aliphatic heterocycles. The van der Waals surface area contributed by atoms with E-state index in [4.69, 9.17) is 14.9 Å². The van der Waals surface area contributed by atoms with Crippen LogP contribution in [0.25, 0.3) is 0 Å². The first-order valence-corrected chi connectivity index (χ1v) is 23.8. The summed E-state index contributed by atoms with van der Waals surface area (Å²) in [5.41, 5.74) is 0. The van der Waals surface area contributed by atoms with Gasteiger partial charge in [-0.1, -0.05) is 171 Å². The summed E-state index contributed by atoms with van der Waals surface area (Å²) >= 11 is 0. The zero-order chi connectivity index (χ0) is 44.0. The molecule has 0 aromatic carbocycles. The van der Waals surface area contributed by atoms with Gasteiger partial charge in [0.2, 0.25) is 11.8 Å². The molecule has 2 amide bonds. The molecule has 0 fully saturated rings. The Bertz CT molecular complexity index is 1240. The summed E-state index contributed by atoms with van der Waals surface area (Å²) in [6, 6.07) is -1.39. The van der Waals surface area contributed by atoms with Gasteiger partial charge in [0.1, 0.15) is 12.1 Å². The van der Waals surface area contributed by atoms with Crippen LogP contribution in [0.1, 0.15) is 200 Å². The van der Waals surface area contributed by atoms with E-state index in [2.05, 4.69) is 91.3 Å². The predicted molar refractivity (Wildman–Crippen MR) is 250 cm³/mol. The number of ether oxygens (including phenoxy) is 1. The number of rotatable bonds is 42. The Hall–Kier alpha value is -3.72. The molecule has 0 aromatic heterocycles. The number of aliphatic hydroxyl groups excluding tert-OH is 1. The van der Waals surface area contributed by atoms with Gasteiger partial charge < -0.3 is 25.6 Å². The van der Waals surface area contributed by atoms with Gasteiger partial charge in [-0.2, -0.15) is 0 Å². The number of hydrogen-bond donors (Lipinski definition) is 4. The molecule has 0 bridgehead atoms. The third-order valence-electron chi connectivity index (χ3n) is 10.2. The maximum Gasteiger partial charge on any atom is 0.328 e. The van der Waals surface area contributed by atoms with Crippen molar-refractivity contribution in [3.8, 4) is 0 Å². The number of unbranched alkanes of at least 4 members (excludes halogenated alkanes) is 18. The Kier molecular flexibility index (Phi) is 42.0. The topological polar surface area (TPSA) is 142 Å². The minimum atomic E-state index is -1.39. The maximum atomic E-state index is 12.8. The lowest BCUT2D eigenvalue weighted by Crippen LogP contribution is -2.47. The third kappa shape index (κ3) is 41.0. The molecule has 0 saturated carbocycles. The van der Waals surface area contributed by atoms with E-state index in [0.717, 1.165) is 83.5 Å². The predicted octanol–water partition coefficient (Wildman–Crippen LogP) is 12.3. The van der Waals surface area contributed by atoms with Crippen LogP contribution in [0, 0.1) is 0 Å². The number of nitrogens with one attached hydrogen (secondary N) is 2. The molecule has 0 radical (unpaired) electrons. The first kappa shape index (κ1) is 56.3. The smallest absolute Gasteiger partial charge is 0.328 e. The van der Waals surface area contributed by atoms with E-state index in [1.807, 2.05) is 6.08 Å². The molecule has 60 heavy (non-hydrogen) atoms. The van der Waals surface area contributed by atoms with Crippen molar-refractivity contribution in [3.05, 3.63) is 72.9 Å². The van der Waals surface area contributed by atoms with Crippen molar-refractivity contribution in [1.82, 2.24) is 10.6 Å². The molecule has 9 heteroatoms. The minimum Gasteiger partial charge on any atom is -0.480 e. The van der Waals surface area contributed by atoms with E-state index in [1.54, 1.807) is 0 Å². The number of amides is 2. The third-order valence-corrected chi connectivity index (χ3v) is 10.2. The summed E-state index contributed by atoms with van der Waals surface area (Å²) in [5.74, 6) is -2.37. The van der Waals surface area contributed by atoms with Crippen LogP contribution in [-0.4, -0.2) is 59.3 Å². The van der Waals surface area contributed by atoms with Crippen LogP contribution in [0.15, 0.2) is 72.9 Å². The zero-order valence-corrected chi connectivity index (χ0v) is 37.9. The van der Waals surface area contributed by atoms with Gasteiger partial charge in [-0.15, -0.1) is 0 Å². The molecule has 0 aliphatic carbocycles. The van der Waals surface area contributed by atoms with E-state index >= 15 is 0 Å². The van der Waals surface area contributed by atoms with Gasteiger partial charge in [0.15, 0.2) is 0 Å². The number of carboxylic acid groups (broad SMARTS) is 1. The largest absolute Gasteiger partial charge is 0.480 e. The Morgan fingerprint density at radius 3 is 1.53 bits per heavy atom. The van der Waals surface area contributed by atoms with E-state index in [0.29, 0.717) is 12.8 Å². The number of aliphatic hydroxyl groups is 1. The van der Waals surface area contributed by atoms with Crippen LogP contribution in [0.3, 0.4) is 0 Å². The lowest BCUT2D eigenvalue weighted by molar-refractivity contribution is -0.147. The molecule has 4 N–H and O–H groups in total. The molecule has 0 rings (SSSR count). The second kappa shape index (κ2) is 44.8. The molecule has 2 atom stereocenters.